The first-order chi connectivity index (χ1) is 7.15. The lowest BCUT2D eigenvalue weighted by atomic mass is 10.2. The fourth-order valence-electron chi connectivity index (χ4n) is 1.20. The van der Waals surface area contributed by atoms with E-state index in [2.05, 4.69) is 4.99 Å². The molecule has 1 heterocycles. The van der Waals surface area contributed by atoms with Gasteiger partial charge in [0.05, 0.1) is 6.61 Å². The van der Waals surface area contributed by atoms with E-state index in [0.29, 0.717) is 24.5 Å². The van der Waals surface area contributed by atoms with Gasteiger partial charge in [0.1, 0.15) is 0 Å². The molecule has 0 aromatic rings. The number of nitrogens with zero attached hydrogens (tertiary/aromatic N) is 2. The zero-order chi connectivity index (χ0) is 11.3. The van der Waals surface area contributed by atoms with Crippen LogP contribution in [-0.2, 0) is 9.53 Å². The van der Waals surface area contributed by atoms with Crippen molar-refractivity contribution in [3.05, 3.63) is 23.9 Å². The highest BCUT2D eigenvalue weighted by Crippen LogP contribution is 2.08. The van der Waals surface area contributed by atoms with Gasteiger partial charge in [0.15, 0.2) is 5.90 Å². The Morgan fingerprint density at radius 1 is 1.60 bits per heavy atom. The van der Waals surface area contributed by atoms with E-state index in [-0.39, 0.29) is 5.91 Å². The second-order valence-corrected chi connectivity index (χ2v) is 3.33. The normalized spacial score (nSPS) is 15.1. The number of ether oxygens (including phenoxy) is 1. The third kappa shape index (κ3) is 3.23. The zero-order valence-electron chi connectivity index (χ0n) is 9.36. The van der Waals surface area contributed by atoms with Crippen molar-refractivity contribution < 1.29 is 9.53 Å². The molecule has 1 aliphatic heterocycles. The molecular formula is C11H16N2O2. The molecule has 0 saturated heterocycles. The predicted molar refractivity (Wildman–Crippen MR) is 59.6 cm³/mol. The molecule has 0 spiro atoms. The lowest BCUT2D eigenvalue weighted by Gasteiger charge is -2.10. The number of amides is 1. The molecule has 0 unspecified atom stereocenters. The molecule has 15 heavy (non-hydrogen) atoms. The first kappa shape index (κ1) is 11.5. The van der Waals surface area contributed by atoms with Crippen molar-refractivity contribution >= 4 is 11.8 Å². The molecule has 0 bridgehead atoms. The fourth-order valence-corrected chi connectivity index (χ4v) is 1.20. The first-order valence-electron chi connectivity index (χ1n) is 4.93. The van der Waals surface area contributed by atoms with E-state index in [1.807, 2.05) is 13.0 Å². The topological polar surface area (TPSA) is 41.9 Å². The van der Waals surface area contributed by atoms with Crippen molar-refractivity contribution in [1.82, 2.24) is 4.90 Å². The Bertz CT molecular complexity index is 327. The second kappa shape index (κ2) is 5.34. The quantitative estimate of drug-likeness (QED) is 0.687. The third-order valence-corrected chi connectivity index (χ3v) is 1.93. The van der Waals surface area contributed by atoms with Gasteiger partial charge in [-0.3, -0.25) is 4.79 Å². The van der Waals surface area contributed by atoms with E-state index in [1.54, 1.807) is 31.3 Å². The minimum absolute atomic E-state index is 0.0146. The van der Waals surface area contributed by atoms with Crippen LogP contribution < -0.4 is 0 Å². The molecule has 0 atom stereocenters. The maximum absolute atomic E-state index is 11.6. The largest absolute Gasteiger partial charge is 0.481 e. The second-order valence-electron chi connectivity index (χ2n) is 3.33. The van der Waals surface area contributed by atoms with Crippen molar-refractivity contribution in [3.8, 4) is 0 Å². The Morgan fingerprint density at radius 3 is 2.93 bits per heavy atom. The molecule has 0 aromatic heterocycles. The summed E-state index contributed by atoms with van der Waals surface area (Å²) in [6.07, 6.45) is 5.70. The Hall–Kier alpha value is -1.58. The Kier molecular flexibility index (Phi) is 4.09. The summed E-state index contributed by atoms with van der Waals surface area (Å²) in [6, 6.07) is 0. The lowest BCUT2D eigenvalue weighted by Crippen LogP contribution is -2.22. The Balaban J connectivity index is 2.71. The highest BCUT2D eigenvalue weighted by Gasteiger charge is 2.10. The van der Waals surface area contributed by atoms with E-state index in [4.69, 9.17) is 4.74 Å². The summed E-state index contributed by atoms with van der Waals surface area (Å²) in [4.78, 5) is 17.3. The van der Waals surface area contributed by atoms with Crippen molar-refractivity contribution in [3.63, 3.8) is 0 Å². The average molecular weight is 208 g/mol. The number of hydrogen-bond acceptors (Lipinski definition) is 3. The van der Waals surface area contributed by atoms with Gasteiger partial charge in [0, 0.05) is 32.3 Å². The fraction of sp³-hybridized carbons (Fsp3) is 0.455. The molecule has 0 fully saturated rings. The van der Waals surface area contributed by atoms with Crippen LogP contribution in [0.4, 0.5) is 0 Å². The van der Waals surface area contributed by atoms with Crippen molar-refractivity contribution in [2.24, 2.45) is 4.99 Å². The maximum atomic E-state index is 11.6. The standard InChI is InChI=1S/C11H16N2O2/c1-4-15-10-6-5-9(7-8-12-10)11(14)13(2)3/h5,7-8H,4,6H2,1-3H3. The van der Waals surface area contributed by atoms with Gasteiger partial charge in [0.25, 0.3) is 5.91 Å². The molecule has 4 heteroatoms. The summed E-state index contributed by atoms with van der Waals surface area (Å²) in [7, 11) is 3.46. The van der Waals surface area contributed by atoms with Gasteiger partial charge in [0.2, 0.25) is 0 Å². The van der Waals surface area contributed by atoms with Gasteiger partial charge in [-0.05, 0) is 13.0 Å². The first-order valence-corrected chi connectivity index (χ1v) is 4.93. The molecule has 0 radical (unpaired) electrons. The summed E-state index contributed by atoms with van der Waals surface area (Å²) >= 11 is 0. The molecule has 0 N–H and O–H groups in total. The Labute approximate surface area is 89.9 Å². The smallest absolute Gasteiger partial charge is 0.253 e. The van der Waals surface area contributed by atoms with Crippen molar-refractivity contribution in [1.29, 1.82) is 0 Å². The van der Waals surface area contributed by atoms with Crippen LogP contribution in [0.2, 0.25) is 0 Å². The van der Waals surface area contributed by atoms with E-state index in [0.717, 1.165) is 0 Å². The maximum Gasteiger partial charge on any atom is 0.253 e. The number of carbonyl (C=O) groups is 1. The number of aliphatic imine (C=N–C) groups is 1. The van der Waals surface area contributed by atoms with Crippen LogP contribution in [0.25, 0.3) is 0 Å². The van der Waals surface area contributed by atoms with Crippen molar-refractivity contribution in [2.75, 3.05) is 20.7 Å². The van der Waals surface area contributed by atoms with Crippen LogP contribution in [0.1, 0.15) is 13.3 Å². The molecule has 1 aliphatic rings. The van der Waals surface area contributed by atoms with E-state index >= 15 is 0 Å². The third-order valence-electron chi connectivity index (χ3n) is 1.93. The van der Waals surface area contributed by atoms with Gasteiger partial charge >= 0.3 is 0 Å². The van der Waals surface area contributed by atoms with Gasteiger partial charge in [-0.2, -0.15) is 0 Å². The van der Waals surface area contributed by atoms with Crippen LogP contribution in [0.5, 0.6) is 0 Å². The van der Waals surface area contributed by atoms with E-state index in [9.17, 15) is 4.79 Å². The van der Waals surface area contributed by atoms with Gasteiger partial charge in [-0.25, -0.2) is 4.99 Å². The summed E-state index contributed by atoms with van der Waals surface area (Å²) < 4.78 is 5.28. The minimum Gasteiger partial charge on any atom is -0.481 e. The molecule has 0 saturated carbocycles. The number of rotatable bonds is 2. The molecule has 4 nitrogen and oxygen atoms in total. The summed E-state index contributed by atoms with van der Waals surface area (Å²) in [5.41, 5.74) is 0.651. The highest BCUT2D eigenvalue weighted by molar-refractivity contribution is 5.97. The molecule has 0 aromatic carbocycles. The van der Waals surface area contributed by atoms with E-state index < -0.39 is 0 Å². The predicted octanol–water partition coefficient (Wildman–Crippen LogP) is 1.35. The average Bonchev–Trinajstić information content (AvgIpc) is 2.43. The van der Waals surface area contributed by atoms with E-state index in [1.165, 1.54) is 0 Å². The van der Waals surface area contributed by atoms with Crippen molar-refractivity contribution in [2.45, 2.75) is 13.3 Å². The highest BCUT2D eigenvalue weighted by atomic mass is 16.5. The molecule has 0 aliphatic carbocycles. The molecule has 1 amide bonds. The number of likely N-dealkylation sites (N-methyl/N-ethyl adjacent to an activating group) is 1. The zero-order valence-corrected chi connectivity index (χ0v) is 9.36. The van der Waals surface area contributed by atoms with Crippen LogP contribution in [0.3, 0.4) is 0 Å². The lowest BCUT2D eigenvalue weighted by molar-refractivity contribution is -0.124. The molecule has 1 rings (SSSR count). The van der Waals surface area contributed by atoms with Gasteiger partial charge < -0.3 is 9.64 Å². The van der Waals surface area contributed by atoms with Crippen LogP contribution in [0, 0.1) is 0 Å². The monoisotopic (exact) mass is 208 g/mol. The van der Waals surface area contributed by atoms with Gasteiger partial charge in [-0.1, -0.05) is 6.08 Å². The SMILES string of the molecule is CCOC1=NC=CC(C(=O)N(C)C)=CC1. The van der Waals surface area contributed by atoms with Crippen LogP contribution >= 0.6 is 0 Å². The molecular weight excluding hydrogens is 192 g/mol. The summed E-state index contributed by atoms with van der Waals surface area (Å²) in [5, 5.41) is 0. The van der Waals surface area contributed by atoms with Crippen LogP contribution in [-0.4, -0.2) is 37.4 Å². The summed E-state index contributed by atoms with van der Waals surface area (Å²) in [6.45, 7) is 2.50. The van der Waals surface area contributed by atoms with Gasteiger partial charge in [-0.15, -0.1) is 0 Å². The number of hydrogen-bond donors (Lipinski definition) is 0. The molecule has 82 valence electrons. The minimum atomic E-state index is -0.0146. The Morgan fingerprint density at radius 2 is 2.33 bits per heavy atom. The number of carbonyl (C=O) groups excluding carboxylic acids is 1. The van der Waals surface area contributed by atoms with Crippen LogP contribution in [0.15, 0.2) is 28.9 Å². The summed E-state index contributed by atoms with van der Waals surface area (Å²) in [5.74, 6) is 0.634.